The van der Waals surface area contributed by atoms with Gasteiger partial charge in [0.25, 0.3) is 0 Å². The Kier molecular flexibility index (Phi) is 6.42. The fourth-order valence-electron chi connectivity index (χ4n) is 2.72. The molecule has 27 heavy (non-hydrogen) atoms. The maximum atomic E-state index is 10.2. The van der Waals surface area contributed by atoms with E-state index >= 15 is 0 Å². The summed E-state index contributed by atoms with van der Waals surface area (Å²) < 4.78 is 7.62. The lowest BCUT2D eigenvalue weighted by atomic mass is 10.1. The van der Waals surface area contributed by atoms with Crippen LogP contribution < -0.4 is 4.74 Å². The van der Waals surface area contributed by atoms with Crippen LogP contribution in [0.2, 0.25) is 5.02 Å². The normalized spacial score (nSPS) is 12.2. The molecule has 0 spiro atoms. The van der Waals surface area contributed by atoms with E-state index in [1.807, 2.05) is 61.9 Å². The molecule has 0 aliphatic heterocycles. The minimum Gasteiger partial charge on any atom is -0.491 e. The number of halogens is 1. The molecule has 1 heterocycles. The van der Waals surface area contributed by atoms with Crippen molar-refractivity contribution in [3.63, 3.8) is 0 Å². The van der Waals surface area contributed by atoms with E-state index in [4.69, 9.17) is 16.3 Å². The molecule has 1 atom stereocenters. The van der Waals surface area contributed by atoms with Gasteiger partial charge in [0.2, 0.25) is 0 Å². The van der Waals surface area contributed by atoms with Gasteiger partial charge >= 0.3 is 0 Å². The SMILES string of the molecule is Cc1cc(C)cc(OC[C@H](O)CSc2nnc(-c3ccc(Cl)cc3)n2C)c1. The first-order valence-electron chi connectivity index (χ1n) is 8.59. The number of hydrogen-bond donors (Lipinski definition) is 1. The molecular weight excluding hydrogens is 382 g/mol. The van der Waals surface area contributed by atoms with Gasteiger partial charge in [-0.05, 0) is 61.4 Å². The fourth-order valence-corrected chi connectivity index (χ4v) is 3.66. The number of aliphatic hydroxyl groups is 1. The van der Waals surface area contributed by atoms with E-state index in [2.05, 4.69) is 16.3 Å². The van der Waals surface area contributed by atoms with Gasteiger partial charge in [-0.3, -0.25) is 0 Å². The lowest BCUT2D eigenvalue weighted by Crippen LogP contribution is -2.20. The molecule has 1 N–H and O–H groups in total. The van der Waals surface area contributed by atoms with Gasteiger partial charge in [-0.15, -0.1) is 10.2 Å². The van der Waals surface area contributed by atoms with Crippen molar-refractivity contribution in [1.82, 2.24) is 14.8 Å². The second kappa shape index (κ2) is 8.78. The summed E-state index contributed by atoms with van der Waals surface area (Å²) in [5, 5.41) is 20.1. The second-order valence-electron chi connectivity index (χ2n) is 6.47. The van der Waals surface area contributed by atoms with Crippen molar-refractivity contribution in [1.29, 1.82) is 0 Å². The molecule has 142 valence electrons. The molecule has 3 rings (SSSR count). The summed E-state index contributed by atoms with van der Waals surface area (Å²) in [6, 6.07) is 13.5. The number of benzene rings is 2. The summed E-state index contributed by atoms with van der Waals surface area (Å²) in [5.74, 6) is 2.01. The zero-order valence-electron chi connectivity index (χ0n) is 15.5. The molecule has 3 aromatic rings. The average Bonchev–Trinajstić information content (AvgIpc) is 2.99. The highest BCUT2D eigenvalue weighted by atomic mass is 35.5. The minimum absolute atomic E-state index is 0.234. The van der Waals surface area contributed by atoms with Crippen molar-refractivity contribution in [2.24, 2.45) is 7.05 Å². The van der Waals surface area contributed by atoms with Crippen LogP contribution in [0.5, 0.6) is 5.75 Å². The number of hydrogen-bond acceptors (Lipinski definition) is 5. The van der Waals surface area contributed by atoms with Crippen LogP contribution in [0.3, 0.4) is 0 Å². The summed E-state index contributed by atoms with van der Waals surface area (Å²) in [5.41, 5.74) is 3.23. The highest BCUT2D eigenvalue weighted by Crippen LogP contribution is 2.24. The topological polar surface area (TPSA) is 60.2 Å². The standard InChI is InChI=1S/C20H22ClN3O2S/c1-13-8-14(2)10-18(9-13)26-11-17(25)12-27-20-23-22-19(24(20)3)15-4-6-16(21)7-5-15/h4-10,17,25H,11-12H2,1-3H3/t17-/m0/s1. The lowest BCUT2D eigenvalue weighted by Gasteiger charge is -2.13. The monoisotopic (exact) mass is 403 g/mol. The van der Waals surface area contributed by atoms with Crippen LogP contribution in [0, 0.1) is 13.8 Å². The number of aromatic nitrogens is 3. The molecule has 0 radical (unpaired) electrons. The molecule has 5 nitrogen and oxygen atoms in total. The summed E-state index contributed by atoms with van der Waals surface area (Å²) in [4.78, 5) is 0. The zero-order chi connectivity index (χ0) is 19.4. The molecule has 0 fully saturated rings. The third kappa shape index (κ3) is 5.25. The first-order chi connectivity index (χ1) is 12.9. The highest BCUT2D eigenvalue weighted by Gasteiger charge is 2.14. The van der Waals surface area contributed by atoms with Crippen molar-refractivity contribution in [3.8, 4) is 17.1 Å². The van der Waals surface area contributed by atoms with Gasteiger partial charge in [-0.1, -0.05) is 29.4 Å². The van der Waals surface area contributed by atoms with Crippen LogP contribution >= 0.6 is 23.4 Å². The maximum Gasteiger partial charge on any atom is 0.191 e. The Hall–Kier alpha value is -2.02. The Labute approximate surface area is 168 Å². The predicted octanol–water partition coefficient (Wildman–Crippen LogP) is 4.28. The molecule has 0 saturated heterocycles. The van der Waals surface area contributed by atoms with E-state index < -0.39 is 6.10 Å². The quantitative estimate of drug-likeness (QED) is 0.596. The van der Waals surface area contributed by atoms with Crippen LogP contribution in [0.4, 0.5) is 0 Å². The van der Waals surface area contributed by atoms with Crippen LogP contribution in [-0.4, -0.2) is 38.3 Å². The number of rotatable bonds is 7. The smallest absolute Gasteiger partial charge is 0.191 e. The van der Waals surface area contributed by atoms with Gasteiger partial charge in [0.15, 0.2) is 11.0 Å². The largest absolute Gasteiger partial charge is 0.491 e. The van der Waals surface area contributed by atoms with E-state index in [1.165, 1.54) is 11.8 Å². The summed E-state index contributed by atoms with van der Waals surface area (Å²) in [6.07, 6.45) is -0.605. The van der Waals surface area contributed by atoms with Crippen LogP contribution in [0.15, 0.2) is 47.6 Å². The molecule has 2 aromatic carbocycles. The van der Waals surface area contributed by atoms with Gasteiger partial charge in [0.1, 0.15) is 12.4 Å². The van der Waals surface area contributed by atoms with Crippen molar-refractivity contribution in [3.05, 3.63) is 58.6 Å². The van der Waals surface area contributed by atoms with Crippen LogP contribution in [0.1, 0.15) is 11.1 Å². The van der Waals surface area contributed by atoms with Crippen LogP contribution in [-0.2, 0) is 7.05 Å². The number of thioether (sulfide) groups is 1. The van der Waals surface area contributed by atoms with Gasteiger partial charge < -0.3 is 14.4 Å². The molecule has 1 aromatic heterocycles. The fraction of sp³-hybridized carbons (Fsp3) is 0.300. The van der Waals surface area contributed by atoms with Crippen molar-refractivity contribution >= 4 is 23.4 Å². The third-order valence-electron chi connectivity index (χ3n) is 3.98. The summed E-state index contributed by atoms with van der Waals surface area (Å²) in [7, 11) is 1.91. The molecule has 0 aliphatic carbocycles. The Balaban J connectivity index is 1.56. The summed E-state index contributed by atoms with van der Waals surface area (Å²) in [6.45, 7) is 4.29. The Morgan fingerprint density at radius 2 is 1.78 bits per heavy atom. The molecular formula is C20H22ClN3O2S. The third-order valence-corrected chi connectivity index (χ3v) is 5.40. The van der Waals surface area contributed by atoms with Crippen molar-refractivity contribution < 1.29 is 9.84 Å². The number of aryl methyl sites for hydroxylation is 2. The first-order valence-corrected chi connectivity index (χ1v) is 9.96. The molecule has 7 heteroatoms. The number of aliphatic hydroxyl groups excluding tert-OH is 1. The Morgan fingerprint density at radius 1 is 1.11 bits per heavy atom. The van der Waals surface area contributed by atoms with E-state index in [1.54, 1.807) is 0 Å². The van der Waals surface area contributed by atoms with Crippen molar-refractivity contribution in [2.45, 2.75) is 25.1 Å². The second-order valence-corrected chi connectivity index (χ2v) is 7.89. The molecule has 0 saturated carbocycles. The maximum absolute atomic E-state index is 10.2. The van der Waals surface area contributed by atoms with E-state index in [0.717, 1.165) is 33.4 Å². The van der Waals surface area contributed by atoms with Crippen molar-refractivity contribution in [2.75, 3.05) is 12.4 Å². The minimum atomic E-state index is -0.605. The Morgan fingerprint density at radius 3 is 2.44 bits per heavy atom. The van der Waals surface area contributed by atoms with Crippen LogP contribution in [0.25, 0.3) is 11.4 Å². The van der Waals surface area contributed by atoms with E-state index in [-0.39, 0.29) is 6.61 Å². The average molecular weight is 404 g/mol. The van der Waals surface area contributed by atoms with Gasteiger partial charge in [0, 0.05) is 23.4 Å². The first kappa shape index (κ1) is 19.7. The van der Waals surface area contributed by atoms with E-state index in [0.29, 0.717) is 10.8 Å². The zero-order valence-corrected chi connectivity index (χ0v) is 17.1. The lowest BCUT2D eigenvalue weighted by molar-refractivity contribution is 0.126. The van der Waals surface area contributed by atoms with Gasteiger partial charge in [-0.25, -0.2) is 0 Å². The molecule has 0 aliphatic rings. The predicted molar refractivity (Wildman–Crippen MR) is 110 cm³/mol. The highest BCUT2D eigenvalue weighted by molar-refractivity contribution is 7.99. The molecule has 0 bridgehead atoms. The number of ether oxygens (including phenoxy) is 1. The summed E-state index contributed by atoms with van der Waals surface area (Å²) >= 11 is 7.38. The molecule has 0 unspecified atom stereocenters. The van der Waals surface area contributed by atoms with Gasteiger partial charge in [-0.2, -0.15) is 0 Å². The number of nitrogens with zero attached hydrogens (tertiary/aromatic N) is 3. The molecule has 0 amide bonds. The Bertz CT molecular complexity index is 892. The van der Waals surface area contributed by atoms with Gasteiger partial charge in [0.05, 0.1) is 6.10 Å². The van der Waals surface area contributed by atoms with E-state index in [9.17, 15) is 5.11 Å².